The number of benzene rings is 3. The van der Waals surface area contributed by atoms with E-state index in [1.807, 2.05) is 91.9 Å². The Morgan fingerprint density at radius 3 is 2.11 bits per heavy atom. The van der Waals surface area contributed by atoms with Crippen LogP contribution in [0, 0.1) is 6.92 Å². The minimum absolute atomic E-state index is 0.242. The molecule has 7 heteroatoms. The highest BCUT2D eigenvalue weighted by Crippen LogP contribution is 2.26. The Morgan fingerprint density at radius 2 is 1.50 bits per heavy atom. The summed E-state index contributed by atoms with van der Waals surface area (Å²) in [7, 11) is 1.80. The van der Waals surface area contributed by atoms with E-state index in [1.54, 1.807) is 27.3 Å². The minimum Gasteiger partial charge on any atom is -0.316 e. The molecule has 0 saturated carbocycles. The first kappa shape index (κ1) is 23.1. The van der Waals surface area contributed by atoms with Crippen LogP contribution in [0.1, 0.15) is 28.5 Å². The molecule has 7 nitrogen and oxygen atoms in total. The molecule has 2 heterocycles. The Labute approximate surface area is 209 Å². The lowest BCUT2D eigenvalue weighted by atomic mass is 10.0. The fraction of sp³-hybridized carbons (Fsp3) is 0.138. The average molecular weight is 478 g/mol. The van der Waals surface area contributed by atoms with Crippen LogP contribution in [0.3, 0.4) is 0 Å². The number of hydrogen-bond acceptors (Lipinski definition) is 3. The van der Waals surface area contributed by atoms with Gasteiger partial charge in [0, 0.05) is 18.8 Å². The molecule has 0 atom stereocenters. The molecule has 0 aliphatic heterocycles. The van der Waals surface area contributed by atoms with Crippen molar-refractivity contribution in [3.05, 3.63) is 118 Å². The Morgan fingerprint density at radius 1 is 0.889 bits per heavy atom. The number of aryl methyl sites for hydroxylation is 1. The van der Waals surface area contributed by atoms with Crippen molar-refractivity contribution in [3.8, 4) is 22.6 Å². The molecule has 3 aromatic carbocycles. The number of aromatic nitrogens is 4. The van der Waals surface area contributed by atoms with Crippen LogP contribution in [0.25, 0.3) is 22.6 Å². The van der Waals surface area contributed by atoms with Gasteiger partial charge in [-0.3, -0.25) is 14.3 Å². The van der Waals surface area contributed by atoms with Gasteiger partial charge in [-0.1, -0.05) is 67.6 Å². The zero-order chi connectivity index (χ0) is 25.2. The van der Waals surface area contributed by atoms with E-state index in [1.165, 1.54) is 5.56 Å². The summed E-state index contributed by atoms with van der Waals surface area (Å²) in [6, 6.07) is 27.0. The molecular formula is C29H27N5O2. The van der Waals surface area contributed by atoms with Crippen molar-refractivity contribution >= 4 is 11.6 Å². The summed E-state index contributed by atoms with van der Waals surface area (Å²) in [6.07, 6.45) is 2.63. The third-order valence-electron chi connectivity index (χ3n) is 6.41. The zero-order valence-corrected chi connectivity index (χ0v) is 20.5. The monoisotopic (exact) mass is 477 g/mol. The van der Waals surface area contributed by atoms with Crippen LogP contribution >= 0.6 is 0 Å². The van der Waals surface area contributed by atoms with Crippen molar-refractivity contribution in [3.63, 3.8) is 0 Å². The number of hydrogen-bond donors (Lipinski definition) is 1. The van der Waals surface area contributed by atoms with Gasteiger partial charge in [0.15, 0.2) is 0 Å². The normalized spacial score (nSPS) is 11.0. The Kier molecular flexibility index (Phi) is 6.12. The van der Waals surface area contributed by atoms with E-state index in [0.717, 1.165) is 23.4 Å². The van der Waals surface area contributed by atoms with Crippen molar-refractivity contribution in [2.24, 2.45) is 7.05 Å². The number of carbonyl (C=O) groups excluding carboxylic acids is 1. The molecule has 0 saturated heterocycles. The molecule has 1 amide bonds. The first-order valence-electron chi connectivity index (χ1n) is 11.9. The standard InChI is InChI=1S/C29H27N5O2/c1-4-21-15-17-22(18-16-21)27-25(19-33(31-27)23-11-7-5-8-12-23)28(35)30-26-20(2)32(3)34(29(26)36)24-13-9-6-10-14-24/h5-19H,4H2,1-3H3,(H,30,35). The second-order valence-corrected chi connectivity index (χ2v) is 8.61. The van der Waals surface area contributed by atoms with E-state index in [4.69, 9.17) is 5.10 Å². The van der Waals surface area contributed by atoms with Gasteiger partial charge in [0.2, 0.25) is 0 Å². The molecule has 0 aliphatic rings. The maximum Gasteiger partial charge on any atom is 0.295 e. The zero-order valence-electron chi connectivity index (χ0n) is 20.5. The van der Waals surface area contributed by atoms with E-state index >= 15 is 0 Å². The van der Waals surface area contributed by atoms with E-state index in [2.05, 4.69) is 12.2 Å². The molecule has 5 aromatic rings. The van der Waals surface area contributed by atoms with Crippen LogP contribution in [-0.4, -0.2) is 25.1 Å². The van der Waals surface area contributed by atoms with Gasteiger partial charge in [-0.25, -0.2) is 9.36 Å². The molecule has 2 aromatic heterocycles. The van der Waals surface area contributed by atoms with Crippen LogP contribution in [-0.2, 0) is 13.5 Å². The highest BCUT2D eigenvalue weighted by molar-refractivity contribution is 6.08. The summed E-state index contributed by atoms with van der Waals surface area (Å²) in [5, 5.41) is 7.63. The van der Waals surface area contributed by atoms with Crippen molar-refractivity contribution < 1.29 is 4.79 Å². The van der Waals surface area contributed by atoms with Crippen LogP contribution < -0.4 is 10.9 Å². The van der Waals surface area contributed by atoms with Gasteiger partial charge in [-0.2, -0.15) is 5.10 Å². The fourth-order valence-corrected chi connectivity index (χ4v) is 4.26. The van der Waals surface area contributed by atoms with Crippen LogP contribution in [0.15, 0.2) is 95.9 Å². The number of rotatable bonds is 6. The SMILES string of the molecule is CCc1ccc(-c2nn(-c3ccccc3)cc2C(=O)Nc2c(C)n(C)n(-c3ccccc3)c2=O)cc1. The summed E-state index contributed by atoms with van der Waals surface area (Å²) >= 11 is 0. The van der Waals surface area contributed by atoms with Gasteiger partial charge in [0.05, 0.1) is 22.6 Å². The summed E-state index contributed by atoms with van der Waals surface area (Å²) < 4.78 is 4.98. The van der Waals surface area contributed by atoms with E-state index < -0.39 is 5.91 Å². The number of nitrogens with zero attached hydrogens (tertiary/aromatic N) is 4. The van der Waals surface area contributed by atoms with Crippen molar-refractivity contribution in [2.45, 2.75) is 20.3 Å². The number of para-hydroxylation sites is 2. The van der Waals surface area contributed by atoms with Crippen LogP contribution in [0.4, 0.5) is 5.69 Å². The quantitative estimate of drug-likeness (QED) is 0.368. The van der Waals surface area contributed by atoms with Crippen LogP contribution in [0.5, 0.6) is 0 Å². The molecule has 0 aliphatic carbocycles. The van der Waals surface area contributed by atoms with Crippen molar-refractivity contribution in [2.75, 3.05) is 5.32 Å². The molecule has 1 N–H and O–H groups in total. The number of nitrogens with one attached hydrogen (secondary N) is 1. The van der Waals surface area contributed by atoms with Crippen LogP contribution in [0.2, 0.25) is 0 Å². The summed E-state index contributed by atoms with van der Waals surface area (Å²) in [5.41, 5.74) is 5.14. The lowest BCUT2D eigenvalue weighted by molar-refractivity contribution is 0.102. The van der Waals surface area contributed by atoms with Crippen molar-refractivity contribution in [1.29, 1.82) is 0 Å². The molecule has 0 radical (unpaired) electrons. The maximum absolute atomic E-state index is 13.6. The fourth-order valence-electron chi connectivity index (χ4n) is 4.26. The predicted octanol–water partition coefficient (Wildman–Crippen LogP) is 5.15. The van der Waals surface area contributed by atoms with Gasteiger partial charge in [0.1, 0.15) is 11.4 Å². The Hall–Kier alpha value is -4.65. The summed E-state index contributed by atoms with van der Waals surface area (Å²) in [6.45, 7) is 3.91. The maximum atomic E-state index is 13.6. The first-order valence-corrected chi connectivity index (χ1v) is 11.9. The largest absolute Gasteiger partial charge is 0.316 e. The second-order valence-electron chi connectivity index (χ2n) is 8.61. The number of anilines is 1. The van der Waals surface area contributed by atoms with Gasteiger partial charge in [0.25, 0.3) is 11.5 Å². The smallest absolute Gasteiger partial charge is 0.295 e. The van der Waals surface area contributed by atoms with Gasteiger partial charge < -0.3 is 5.32 Å². The lowest BCUT2D eigenvalue weighted by Crippen LogP contribution is -2.23. The van der Waals surface area contributed by atoms with E-state index in [-0.39, 0.29) is 11.2 Å². The van der Waals surface area contributed by atoms with E-state index in [0.29, 0.717) is 17.0 Å². The lowest BCUT2D eigenvalue weighted by Gasteiger charge is -2.07. The van der Waals surface area contributed by atoms with E-state index in [9.17, 15) is 9.59 Å². The average Bonchev–Trinajstić information content (AvgIpc) is 3.46. The Balaban J connectivity index is 1.57. The summed E-state index contributed by atoms with van der Waals surface area (Å²) in [5.74, 6) is -0.391. The first-order chi connectivity index (χ1) is 17.5. The molecule has 0 unspecified atom stereocenters. The predicted molar refractivity (Wildman–Crippen MR) is 142 cm³/mol. The second kappa shape index (κ2) is 9.54. The highest BCUT2D eigenvalue weighted by Gasteiger charge is 2.23. The van der Waals surface area contributed by atoms with Crippen molar-refractivity contribution in [1.82, 2.24) is 19.1 Å². The molecule has 0 spiro atoms. The number of amides is 1. The minimum atomic E-state index is -0.391. The number of carbonyl (C=O) groups is 1. The third-order valence-corrected chi connectivity index (χ3v) is 6.41. The van der Waals surface area contributed by atoms with Gasteiger partial charge in [-0.05, 0) is 43.2 Å². The summed E-state index contributed by atoms with van der Waals surface area (Å²) in [4.78, 5) is 27.0. The molecule has 5 rings (SSSR count). The molecule has 0 fully saturated rings. The van der Waals surface area contributed by atoms with Gasteiger partial charge >= 0.3 is 0 Å². The molecular weight excluding hydrogens is 450 g/mol. The van der Waals surface area contributed by atoms with Gasteiger partial charge in [-0.15, -0.1) is 0 Å². The highest BCUT2D eigenvalue weighted by atomic mass is 16.2. The molecule has 36 heavy (non-hydrogen) atoms. The topological polar surface area (TPSA) is 73.8 Å². The molecule has 180 valence electrons. The third kappa shape index (κ3) is 4.15. The Bertz CT molecular complexity index is 1580. The molecule has 0 bridgehead atoms.